The molecule has 0 unspecified atom stereocenters. The highest BCUT2D eigenvalue weighted by atomic mass is 16.5. The number of hydrogen-bond acceptors (Lipinski definition) is 6. The van der Waals surface area contributed by atoms with Crippen molar-refractivity contribution in [3.8, 4) is 11.8 Å². The molecule has 1 aliphatic heterocycles. The van der Waals surface area contributed by atoms with Crippen molar-refractivity contribution in [2.45, 2.75) is 50.1 Å². The number of carbonyl (C=O) groups excluding carboxylic acids is 4. The first-order valence-corrected chi connectivity index (χ1v) is 12.9. The molecule has 10 heteroatoms. The average Bonchev–Trinajstić information content (AvgIpc) is 3.51. The second-order valence-corrected chi connectivity index (χ2v) is 10.9. The maximum absolute atomic E-state index is 13.6. The average molecular weight is 504 g/mol. The first kappa shape index (κ1) is 23.5. The van der Waals surface area contributed by atoms with Gasteiger partial charge in [0.15, 0.2) is 0 Å². The van der Waals surface area contributed by atoms with E-state index < -0.39 is 41.1 Å². The van der Waals surface area contributed by atoms with Crippen molar-refractivity contribution in [1.29, 1.82) is 5.26 Å². The molecule has 0 spiro atoms. The lowest BCUT2D eigenvalue weighted by atomic mass is 9.52. The summed E-state index contributed by atoms with van der Waals surface area (Å²) in [5.41, 5.74) is -0.193. The van der Waals surface area contributed by atoms with Crippen LogP contribution >= 0.6 is 0 Å². The minimum atomic E-state index is -1.25. The summed E-state index contributed by atoms with van der Waals surface area (Å²) in [4.78, 5) is 54.9. The van der Waals surface area contributed by atoms with Crippen LogP contribution in [-0.4, -0.2) is 47.3 Å². The van der Waals surface area contributed by atoms with Gasteiger partial charge in [0.2, 0.25) is 17.7 Å². The van der Waals surface area contributed by atoms with Gasteiger partial charge in [-0.1, -0.05) is 18.9 Å². The summed E-state index contributed by atoms with van der Waals surface area (Å²) in [6, 6.07) is 8.66. The predicted octanol–water partition coefficient (Wildman–Crippen LogP) is 1.77. The largest absolute Gasteiger partial charge is 0.496 e. The second kappa shape index (κ2) is 8.61. The molecule has 4 aliphatic carbocycles. The number of carbonyl (C=O) groups is 4. The van der Waals surface area contributed by atoms with Crippen LogP contribution in [0.1, 0.15) is 49.0 Å². The maximum atomic E-state index is 13.6. The fraction of sp³-hybridized carbons (Fsp3) is 0.519. The van der Waals surface area contributed by atoms with Gasteiger partial charge in [-0.15, -0.1) is 0 Å². The molecule has 1 aromatic heterocycles. The van der Waals surface area contributed by atoms with Crippen LogP contribution in [0.25, 0.3) is 10.9 Å². The highest BCUT2D eigenvalue weighted by Gasteiger charge is 2.64. The van der Waals surface area contributed by atoms with Gasteiger partial charge in [0, 0.05) is 16.8 Å². The van der Waals surface area contributed by atoms with Gasteiger partial charge in [0.25, 0.3) is 5.91 Å². The SMILES string of the molecule is COc1cccc2[nH]c(C(=O)N[C@@H](CC3CC3)C(=O)N[C@@]3(C#N)C[C@@H]4CC[C@H]3[C@H]3C(=O)NC(=O)[C@@H]43)cc12. The van der Waals surface area contributed by atoms with Gasteiger partial charge < -0.3 is 20.4 Å². The molecule has 2 heterocycles. The number of amides is 4. The zero-order valence-electron chi connectivity index (χ0n) is 20.5. The van der Waals surface area contributed by atoms with Crippen LogP contribution in [0.3, 0.4) is 0 Å². The minimum Gasteiger partial charge on any atom is -0.496 e. The van der Waals surface area contributed by atoms with Crippen molar-refractivity contribution >= 4 is 34.5 Å². The summed E-state index contributed by atoms with van der Waals surface area (Å²) in [6.45, 7) is 0. The fourth-order valence-corrected chi connectivity index (χ4v) is 6.84. The molecule has 4 N–H and O–H groups in total. The Morgan fingerprint density at radius 1 is 1.19 bits per heavy atom. The van der Waals surface area contributed by atoms with Gasteiger partial charge in [0.1, 0.15) is 23.0 Å². The van der Waals surface area contributed by atoms with Crippen molar-refractivity contribution < 1.29 is 23.9 Å². The molecule has 5 fully saturated rings. The molecule has 192 valence electrons. The Morgan fingerprint density at radius 3 is 2.70 bits per heavy atom. The molecule has 4 saturated carbocycles. The number of nitrogens with one attached hydrogen (secondary N) is 4. The number of aromatic amines is 1. The van der Waals surface area contributed by atoms with Gasteiger partial charge >= 0.3 is 0 Å². The number of benzene rings is 1. The Kier molecular flexibility index (Phi) is 5.48. The third-order valence-corrected chi connectivity index (χ3v) is 8.77. The summed E-state index contributed by atoms with van der Waals surface area (Å²) in [5, 5.41) is 19.3. The Labute approximate surface area is 213 Å². The lowest BCUT2D eigenvalue weighted by Gasteiger charge is -2.52. The van der Waals surface area contributed by atoms with Crippen molar-refractivity contribution in [2.24, 2.45) is 29.6 Å². The number of ether oxygens (including phenoxy) is 1. The Bertz CT molecular complexity index is 1360. The molecule has 6 atom stereocenters. The third-order valence-electron chi connectivity index (χ3n) is 8.77. The summed E-state index contributed by atoms with van der Waals surface area (Å²) in [5.74, 6) is -2.10. The van der Waals surface area contributed by atoms with Crippen LogP contribution in [-0.2, 0) is 14.4 Å². The molecule has 2 aromatic rings. The van der Waals surface area contributed by atoms with Crippen molar-refractivity contribution in [2.75, 3.05) is 7.11 Å². The molecular formula is C27H29N5O5. The van der Waals surface area contributed by atoms with Crippen molar-refractivity contribution in [1.82, 2.24) is 20.9 Å². The van der Waals surface area contributed by atoms with E-state index in [1.807, 2.05) is 18.2 Å². The van der Waals surface area contributed by atoms with Crippen LogP contribution in [0.2, 0.25) is 0 Å². The molecular weight excluding hydrogens is 474 g/mol. The molecule has 10 nitrogen and oxygen atoms in total. The lowest BCUT2D eigenvalue weighted by molar-refractivity contribution is -0.137. The molecule has 4 amide bonds. The number of hydrogen-bond donors (Lipinski definition) is 4. The molecule has 1 aromatic carbocycles. The van der Waals surface area contributed by atoms with Crippen molar-refractivity contribution in [3.05, 3.63) is 30.0 Å². The Balaban J connectivity index is 1.23. The monoisotopic (exact) mass is 503 g/mol. The highest BCUT2D eigenvalue weighted by Crippen LogP contribution is 2.55. The summed E-state index contributed by atoms with van der Waals surface area (Å²) >= 11 is 0. The quantitative estimate of drug-likeness (QED) is 0.423. The van der Waals surface area contributed by atoms with Crippen LogP contribution < -0.4 is 20.7 Å². The number of rotatable bonds is 7. The molecule has 2 bridgehead atoms. The van der Waals surface area contributed by atoms with Crippen LogP contribution in [0.5, 0.6) is 5.75 Å². The number of aromatic nitrogens is 1. The number of H-pyrrole nitrogens is 1. The number of nitriles is 1. The van der Waals surface area contributed by atoms with E-state index in [1.54, 1.807) is 13.2 Å². The van der Waals surface area contributed by atoms with E-state index in [-0.39, 0.29) is 17.7 Å². The fourth-order valence-electron chi connectivity index (χ4n) is 6.84. The van der Waals surface area contributed by atoms with E-state index in [9.17, 15) is 24.4 Å². The molecule has 5 aliphatic rings. The van der Waals surface area contributed by atoms with E-state index in [0.717, 1.165) is 30.2 Å². The molecule has 0 radical (unpaired) electrons. The zero-order valence-corrected chi connectivity index (χ0v) is 20.5. The van der Waals surface area contributed by atoms with Gasteiger partial charge in [-0.3, -0.25) is 24.5 Å². The molecule has 37 heavy (non-hydrogen) atoms. The highest BCUT2D eigenvalue weighted by molar-refractivity contribution is 6.06. The third kappa shape index (κ3) is 3.84. The second-order valence-electron chi connectivity index (χ2n) is 10.9. The topological polar surface area (TPSA) is 153 Å². The molecule has 7 rings (SSSR count). The van der Waals surface area contributed by atoms with Gasteiger partial charge in [-0.25, -0.2) is 0 Å². The van der Waals surface area contributed by atoms with Crippen molar-refractivity contribution in [3.63, 3.8) is 0 Å². The van der Waals surface area contributed by atoms with E-state index in [1.165, 1.54) is 0 Å². The number of imide groups is 1. The van der Waals surface area contributed by atoms with E-state index in [2.05, 4.69) is 27.0 Å². The van der Waals surface area contributed by atoms with Crippen LogP contribution in [0, 0.1) is 40.9 Å². The van der Waals surface area contributed by atoms with Crippen LogP contribution in [0.15, 0.2) is 24.3 Å². The minimum absolute atomic E-state index is 0.140. The Hall–Kier alpha value is -3.87. The summed E-state index contributed by atoms with van der Waals surface area (Å²) < 4.78 is 5.38. The Morgan fingerprint density at radius 2 is 1.97 bits per heavy atom. The normalized spacial score (nSPS) is 30.8. The number of methoxy groups -OCH3 is 1. The van der Waals surface area contributed by atoms with Gasteiger partial charge in [-0.2, -0.15) is 5.26 Å². The predicted molar refractivity (Wildman–Crippen MR) is 131 cm³/mol. The maximum Gasteiger partial charge on any atom is 0.268 e. The summed E-state index contributed by atoms with van der Waals surface area (Å²) in [6.07, 6.45) is 4.12. The van der Waals surface area contributed by atoms with E-state index in [4.69, 9.17) is 4.74 Å². The number of fused-ring (bicyclic) bond motifs is 3. The van der Waals surface area contributed by atoms with E-state index >= 15 is 0 Å². The standard InChI is InChI=1S/C27H29N5O5/c1-37-20-4-2-3-17-15(20)10-19(29-17)23(33)30-18(9-13-5-6-13)24(34)32-27(12-28)11-14-7-8-16(27)22-21(14)25(35)31-26(22)36/h2-4,10,13-14,16,18,21-22,29H,5-9,11H2,1H3,(H,30,33)(H,32,34)(H,31,35,36)/t14-,16-,18-,21-,22+,27+/m0/s1. The van der Waals surface area contributed by atoms with Crippen LogP contribution in [0.4, 0.5) is 0 Å². The number of nitrogens with zero attached hydrogens (tertiary/aromatic N) is 1. The lowest BCUT2D eigenvalue weighted by Crippen LogP contribution is -2.66. The molecule has 1 saturated heterocycles. The smallest absolute Gasteiger partial charge is 0.268 e. The van der Waals surface area contributed by atoms with E-state index in [0.29, 0.717) is 36.6 Å². The van der Waals surface area contributed by atoms with Gasteiger partial charge in [0.05, 0.1) is 25.0 Å². The zero-order chi connectivity index (χ0) is 25.9. The summed E-state index contributed by atoms with van der Waals surface area (Å²) in [7, 11) is 1.56. The first-order valence-electron chi connectivity index (χ1n) is 12.9. The first-order chi connectivity index (χ1) is 17.8. The van der Waals surface area contributed by atoms with Gasteiger partial charge in [-0.05, 0) is 55.7 Å².